The molecule has 1 heterocycles. The quantitative estimate of drug-likeness (QED) is 0.782. The molecule has 3 nitrogen and oxygen atoms in total. The normalized spacial score (nSPS) is 38.1. The van der Waals surface area contributed by atoms with Gasteiger partial charge in [0.2, 0.25) is 0 Å². The van der Waals surface area contributed by atoms with Gasteiger partial charge in [0, 0.05) is 25.2 Å². The summed E-state index contributed by atoms with van der Waals surface area (Å²) in [6, 6.07) is 1.55. The second kappa shape index (κ2) is 5.48. The molecule has 0 radical (unpaired) electrons. The van der Waals surface area contributed by atoms with Crippen molar-refractivity contribution < 1.29 is 0 Å². The molecule has 2 rings (SSSR count). The molecule has 16 heavy (non-hydrogen) atoms. The molecule has 2 fully saturated rings. The van der Waals surface area contributed by atoms with E-state index >= 15 is 0 Å². The summed E-state index contributed by atoms with van der Waals surface area (Å²) in [5.74, 6) is 0.775. The van der Waals surface area contributed by atoms with Crippen LogP contribution in [-0.4, -0.2) is 55.1 Å². The molecule has 3 heteroatoms. The summed E-state index contributed by atoms with van der Waals surface area (Å²) < 4.78 is 0. The first-order chi connectivity index (χ1) is 7.76. The molecule has 94 valence electrons. The highest BCUT2D eigenvalue weighted by atomic mass is 15.3. The zero-order valence-electron chi connectivity index (χ0n) is 10.9. The van der Waals surface area contributed by atoms with E-state index in [4.69, 9.17) is 5.73 Å². The Morgan fingerprint density at radius 1 is 1.25 bits per heavy atom. The minimum absolute atomic E-state index is 0.756. The first kappa shape index (κ1) is 12.3. The van der Waals surface area contributed by atoms with Gasteiger partial charge in [0.15, 0.2) is 0 Å². The minimum atomic E-state index is 0.756. The maximum Gasteiger partial charge on any atom is 0.0223 e. The molecule has 0 aromatic rings. The molecule has 1 saturated carbocycles. The van der Waals surface area contributed by atoms with Gasteiger partial charge in [-0.25, -0.2) is 0 Å². The average molecular weight is 225 g/mol. The van der Waals surface area contributed by atoms with Crippen molar-refractivity contribution in [2.45, 2.75) is 44.7 Å². The fourth-order valence-corrected chi connectivity index (χ4v) is 3.32. The van der Waals surface area contributed by atoms with Crippen molar-refractivity contribution in [1.82, 2.24) is 9.80 Å². The van der Waals surface area contributed by atoms with Crippen LogP contribution in [0.3, 0.4) is 0 Å². The van der Waals surface area contributed by atoms with E-state index in [1.165, 1.54) is 45.3 Å². The summed E-state index contributed by atoms with van der Waals surface area (Å²) in [6.45, 7) is 6.99. The molecule has 0 aromatic heterocycles. The Bertz CT molecular complexity index is 217. The van der Waals surface area contributed by atoms with E-state index in [0.29, 0.717) is 0 Å². The third kappa shape index (κ3) is 2.41. The highest BCUT2D eigenvalue weighted by Gasteiger charge is 2.37. The number of hydrogen-bond donors (Lipinski definition) is 1. The van der Waals surface area contributed by atoms with Crippen LogP contribution in [0.15, 0.2) is 0 Å². The van der Waals surface area contributed by atoms with E-state index < -0.39 is 0 Å². The second-order valence-corrected chi connectivity index (χ2v) is 5.56. The van der Waals surface area contributed by atoms with E-state index in [2.05, 4.69) is 23.8 Å². The first-order valence-electron chi connectivity index (χ1n) is 6.90. The van der Waals surface area contributed by atoms with Crippen molar-refractivity contribution >= 4 is 0 Å². The van der Waals surface area contributed by atoms with Gasteiger partial charge in [-0.3, -0.25) is 4.90 Å². The molecule has 1 saturated heterocycles. The van der Waals surface area contributed by atoms with E-state index in [1.807, 2.05) is 0 Å². The van der Waals surface area contributed by atoms with Gasteiger partial charge in [-0.15, -0.1) is 0 Å². The fourth-order valence-electron chi connectivity index (χ4n) is 3.32. The smallest absolute Gasteiger partial charge is 0.0223 e. The Kier molecular flexibility index (Phi) is 4.22. The zero-order chi connectivity index (χ0) is 11.5. The van der Waals surface area contributed by atoms with Crippen LogP contribution in [0.4, 0.5) is 0 Å². The van der Waals surface area contributed by atoms with Crippen molar-refractivity contribution in [2.24, 2.45) is 11.7 Å². The Labute approximate surface area is 100.0 Å². The van der Waals surface area contributed by atoms with Gasteiger partial charge in [0.05, 0.1) is 0 Å². The highest BCUT2D eigenvalue weighted by Crippen LogP contribution is 2.33. The van der Waals surface area contributed by atoms with E-state index in [9.17, 15) is 0 Å². The average Bonchev–Trinajstić information content (AvgIpc) is 2.40. The Morgan fingerprint density at radius 2 is 2.06 bits per heavy atom. The SMILES string of the molecule is CCC1CN(C)CCCN1C1CCC1CN. The van der Waals surface area contributed by atoms with Crippen LogP contribution < -0.4 is 5.73 Å². The summed E-state index contributed by atoms with van der Waals surface area (Å²) in [7, 11) is 2.26. The van der Waals surface area contributed by atoms with Gasteiger partial charge in [-0.1, -0.05) is 6.92 Å². The number of nitrogens with zero attached hydrogens (tertiary/aromatic N) is 2. The molecule has 2 aliphatic rings. The molecule has 0 spiro atoms. The van der Waals surface area contributed by atoms with E-state index in [-0.39, 0.29) is 0 Å². The summed E-state index contributed by atoms with van der Waals surface area (Å²) in [5, 5.41) is 0. The molecular formula is C13H27N3. The summed E-state index contributed by atoms with van der Waals surface area (Å²) in [6.07, 6.45) is 5.32. The lowest BCUT2D eigenvalue weighted by Crippen LogP contribution is -2.54. The van der Waals surface area contributed by atoms with Crippen LogP contribution in [-0.2, 0) is 0 Å². The second-order valence-electron chi connectivity index (χ2n) is 5.56. The molecule has 2 N–H and O–H groups in total. The highest BCUT2D eigenvalue weighted by molar-refractivity contribution is 4.93. The largest absolute Gasteiger partial charge is 0.330 e. The van der Waals surface area contributed by atoms with Crippen LogP contribution in [0.1, 0.15) is 32.6 Å². The van der Waals surface area contributed by atoms with Gasteiger partial charge >= 0.3 is 0 Å². The van der Waals surface area contributed by atoms with Gasteiger partial charge in [-0.05, 0) is 51.7 Å². The molecule has 1 aliphatic carbocycles. The molecule has 0 aromatic carbocycles. The van der Waals surface area contributed by atoms with Crippen LogP contribution in [0.25, 0.3) is 0 Å². The van der Waals surface area contributed by atoms with Crippen molar-refractivity contribution in [3.63, 3.8) is 0 Å². The van der Waals surface area contributed by atoms with Crippen molar-refractivity contribution in [1.29, 1.82) is 0 Å². The molecule has 0 bridgehead atoms. The Hall–Kier alpha value is -0.120. The van der Waals surface area contributed by atoms with E-state index in [1.54, 1.807) is 0 Å². The van der Waals surface area contributed by atoms with Crippen molar-refractivity contribution in [3.05, 3.63) is 0 Å². The predicted molar refractivity (Wildman–Crippen MR) is 68.5 cm³/mol. The fraction of sp³-hybridized carbons (Fsp3) is 1.00. The van der Waals surface area contributed by atoms with Gasteiger partial charge in [0.1, 0.15) is 0 Å². The third-order valence-corrected chi connectivity index (χ3v) is 4.52. The van der Waals surface area contributed by atoms with Crippen LogP contribution in [0, 0.1) is 5.92 Å². The standard InChI is InChI=1S/C13H27N3/c1-3-12-10-15(2)7-4-8-16(12)13-6-5-11(13)9-14/h11-13H,3-10,14H2,1-2H3. The van der Waals surface area contributed by atoms with E-state index in [0.717, 1.165) is 24.5 Å². The lowest BCUT2D eigenvalue weighted by atomic mass is 9.77. The number of nitrogens with two attached hydrogens (primary N) is 1. The minimum Gasteiger partial charge on any atom is -0.330 e. The van der Waals surface area contributed by atoms with Crippen LogP contribution in [0.2, 0.25) is 0 Å². The third-order valence-electron chi connectivity index (χ3n) is 4.52. The van der Waals surface area contributed by atoms with Crippen LogP contribution >= 0.6 is 0 Å². The zero-order valence-corrected chi connectivity index (χ0v) is 10.9. The first-order valence-corrected chi connectivity index (χ1v) is 6.90. The lowest BCUT2D eigenvalue weighted by molar-refractivity contribution is 0.0310. The summed E-state index contributed by atoms with van der Waals surface area (Å²) >= 11 is 0. The number of likely N-dealkylation sites (N-methyl/N-ethyl adjacent to an activating group) is 1. The van der Waals surface area contributed by atoms with Crippen molar-refractivity contribution in [3.8, 4) is 0 Å². The molecule has 0 amide bonds. The molecule has 3 atom stereocenters. The van der Waals surface area contributed by atoms with Gasteiger partial charge in [0.25, 0.3) is 0 Å². The monoisotopic (exact) mass is 225 g/mol. The Balaban J connectivity index is 1.99. The van der Waals surface area contributed by atoms with Gasteiger partial charge < -0.3 is 10.6 Å². The molecule has 1 aliphatic heterocycles. The number of rotatable bonds is 3. The predicted octanol–water partition coefficient (Wildman–Crippen LogP) is 1.14. The van der Waals surface area contributed by atoms with Crippen LogP contribution in [0.5, 0.6) is 0 Å². The molecular weight excluding hydrogens is 198 g/mol. The summed E-state index contributed by atoms with van der Waals surface area (Å²) in [5.41, 5.74) is 5.85. The topological polar surface area (TPSA) is 32.5 Å². The summed E-state index contributed by atoms with van der Waals surface area (Å²) in [4.78, 5) is 5.26. The lowest BCUT2D eigenvalue weighted by Gasteiger charge is -2.47. The maximum atomic E-state index is 5.85. The Morgan fingerprint density at radius 3 is 2.62 bits per heavy atom. The van der Waals surface area contributed by atoms with Gasteiger partial charge in [-0.2, -0.15) is 0 Å². The van der Waals surface area contributed by atoms with Crippen molar-refractivity contribution in [2.75, 3.05) is 33.2 Å². The maximum absolute atomic E-state index is 5.85. The number of hydrogen-bond acceptors (Lipinski definition) is 3. The molecule has 3 unspecified atom stereocenters.